The molecule has 25 heteroatoms. The quantitative estimate of drug-likeness (QED) is 0.0588. The molecule has 0 aromatic heterocycles. The van der Waals surface area contributed by atoms with Crippen molar-refractivity contribution in [2.24, 2.45) is 50.2 Å². The zero-order valence-electron chi connectivity index (χ0n) is 48.1. The van der Waals surface area contributed by atoms with E-state index in [9.17, 15) is 76.3 Å². The first-order chi connectivity index (χ1) is 38.3. The first kappa shape index (κ1) is 63.3. The van der Waals surface area contributed by atoms with Crippen LogP contribution in [0.3, 0.4) is 0 Å². The van der Waals surface area contributed by atoms with Gasteiger partial charge in [0.15, 0.2) is 25.2 Å². The van der Waals surface area contributed by atoms with Crippen LogP contribution in [0, 0.1) is 50.2 Å². The van der Waals surface area contributed by atoms with Gasteiger partial charge >= 0.3 is 5.97 Å². The molecule has 0 unspecified atom stereocenters. The summed E-state index contributed by atoms with van der Waals surface area (Å²) in [5.74, 6) is -0.742. The lowest BCUT2D eigenvalue weighted by atomic mass is 9.33. The van der Waals surface area contributed by atoms with Crippen LogP contribution in [-0.4, -0.2) is 251 Å². The first-order valence-electron chi connectivity index (χ1n) is 29.5. The summed E-state index contributed by atoms with van der Waals surface area (Å²) < 4.78 is 59.8. The van der Waals surface area contributed by atoms with Crippen LogP contribution in [0.15, 0.2) is 11.6 Å². The van der Waals surface area contributed by atoms with E-state index in [-0.39, 0.29) is 35.0 Å². The average molecular weight is 1180 g/mol. The number of carbonyl (C=O) groups is 1. The minimum absolute atomic E-state index is 0.0323. The molecule has 10 aliphatic rings. The van der Waals surface area contributed by atoms with Crippen molar-refractivity contribution in [2.45, 2.75) is 261 Å². The molecule has 31 atom stereocenters. The maximum atomic E-state index is 14.8. The highest BCUT2D eigenvalue weighted by molar-refractivity contribution is 5.79. The summed E-state index contributed by atoms with van der Waals surface area (Å²) in [6.07, 6.45) is -29.2. The van der Waals surface area contributed by atoms with E-state index in [0.29, 0.717) is 32.1 Å². The molecule has 10 rings (SSSR count). The van der Waals surface area contributed by atoms with E-state index >= 15 is 0 Å². The topological polar surface area (TPSA) is 393 Å². The summed E-state index contributed by atoms with van der Waals surface area (Å²) in [5, 5.41) is 153. The number of esters is 1. The van der Waals surface area contributed by atoms with Gasteiger partial charge < -0.3 is 119 Å². The average Bonchev–Trinajstić information content (AvgIpc) is 1.19. The number of allylic oxidation sites excluding steroid dienone is 2. The van der Waals surface area contributed by atoms with Crippen molar-refractivity contribution < 1.29 is 124 Å². The molecular weight excluding hydrogens is 1080 g/mol. The molecule has 0 radical (unpaired) electrons. The molecule has 4 saturated carbocycles. The van der Waals surface area contributed by atoms with Crippen molar-refractivity contribution in [3.05, 3.63) is 11.6 Å². The van der Waals surface area contributed by atoms with Crippen molar-refractivity contribution in [3.8, 4) is 0 Å². The van der Waals surface area contributed by atoms with Gasteiger partial charge in [0.1, 0.15) is 97.7 Å². The second-order valence-electron chi connectivity index (χ2n) is 27.9. The van der Waals surface area contributed by atoms with Gasteiger partial charge in [0.25, 0.3) is 0 Å². The zero-order chi connectivity index (χ0) is 59.7. The van der Waals surface area contributed by atoms with Crippen LogP contribution in [0.2, 0.25) is 0 Å². The summed E-state index contributed by atoms with van der Waals surface area (Å²) in [6, 6.07) is 0. The fourth-order valence-corrected chi connectivity index (χ4v) is 17.2. The summed E-state index contributed by atoms with van der Waals surface area (Å²) >= 11 is 0. The largest absolute Gasteiger partial charge is 0.432 e. The monoisotopic (exact) mass is 1180 g/mol. The van der Waals surface area contributed by atoms with Crippen LogP contribution in [0.25, 0.3) is 0 Å². The van der Waals surface area contributed by atoms with Crippen LogP contribution in [-0.2, 0) is 52.2 Å². The third kappa shape index (κ3) is 10.5. The van der Waals surface area contributed by atoms with Crippen LogP contribution in [0.4, 0.5) is 0 Å². The SMILES string of the molecule is C[C@@H]1O[C@@H](OC(=O)[C@]23CCC(C)(C)C[C@H]2C2=CC[C@@H]4[C@@]5(C)C[C@@H](O)[C@H](O[C@@H]6O[C@H](CO)[C@@H](O[C@@H]7OC[C@H](O)[C@H](O)[C@H]7O)[C@H](O)[C@H]6O[C@@H]6OC[C@@H](O[C@@H]7OC[C@@H](O)[C@H](O)[C@H]7O)[C@H](O)[C@H]6O)C(C)(C)[C@@H]5CC[C@@]4(C)[C@]2(C)CC3)[C@H](O)[C@H](O)[C@H]1O. The van der Waals surface area contributed by atoms with Gasteiger partial charge in [-0.1, -0.05) is 60.1 Å². The smallest absolute Gasteiger partial charge is 0.315 e. The van der Waals surface area contributed by atoms with Gasteiger partial charge in [-0.2, -0.15) is 0 Å². The van der Waals surface area contributed by atoms with E-state index in [2.05, 4.69) is 40.7 Å². The molecule has 0 aromatic rings. The number of fused-ring (bicyclic) bond motifs is 7. The van der Waals surface area contributed by atoms with Gasteiger partial charge in [0.2, 0.25) is 6.29 Å². The molecule has 0 bridgehead atoms. The Morgan fingerprint density at radius 1 is 0.561 bits per heavy atom. The molecular formula is C57H92O25. The van der Waals surface area contributed by atoms with E-state index in [1.54, 1.807) is 6.92 Å². The Labute approximate surface area is 477 Å². The Kier molecular flexibility index (Phi) is 17.8. The van der Waals surface area contributed by atoms with Crippen LogP contribution < -0.4 is 0 Å². The standard InChI is InChI=1S/C57H92O25/c1-23-33(62)37(66)41(70)49(76-23)82-51(72)57-15-13-52(2,3)17-25(57)24-9-10-32-54(6)18-26(59)45(53(4,5)31(54)11-12-56(32,8)55(24,7)14-16-57)81-50-44(42(71)43(29(19-58)77-50)79-47-39(68)35(64)28(61)21-74-47)80-48-40(69)36(65)30(22-75-48)78-46-38(67)34(63)27(60)20-73-46/h9,23,25-50,58-71H,10-22H2,1-8H3/t23-,25-,26+,27+,28-,29+,30+,31-,32+,33-,34-,35-,36-,37+,38+,39+,40+,41+,42-,43+,44+,45-,46-,47-,48-,49-,50-,54-,55+,56+,57-/m0/s1. The molecule has 82 heavy (non-hydrogen) atoms. The van der Waals surface area contributed by atoms with E-state index in [1.807, 2.05) is 13.8 Å². The van der Waals surface area contributed by atoms with Crippen LogP contribution in [0.1, 0.15) is 113 Å². The van der Waals surface area contributed by atoms with E-state index < -0.39 is 201 Å². The van der Waals surface area contributed by atoms with Gasteiger partial charge in [-0.25, -0.2) is 0 Å². The van der Waals surface area contributed by atoms with Gasteiger partial charge in [0.05, 0.1) is 50.2 Å². The second-order valence-corrected chi connectivity index (χ2v) is 27.9. The molecule has 470 valence electrons. The minimum Gasteiger partial charge on any atom is -0.432 e. The van der Waals surface area contributed by atoms with Gasteiger partial charge in [0, 0.05) is 0 Å². The number of hydrogen-bond donors (Lipinski definition) is 14. The van der Waals surface area contributed by atoms with Gasteiger partial charge in [-0.3, -0.25) is 4.79 Å². The van der Waals surface area contributed by atoms with Gasteiger partial charge in [-0.05, 0) is 110 Å². The highest BCUT2D eigenvalue weighted by Crippen LogP contribution is 2.76. The molecule has 5 aliphatic carbocycles. The molecule has 14 N–H and O–H groups in total. The van der Waals surface area contributed by atoms with E-state index in [0.717, 1.165) is 19.3 Å². The van der Waals surface area contributed by atoms with Crippen LogP contribution >= 0.6 is 0 Å². The van der Waals surface area contributed by atoms with Crippen LogP contribution in [0.5, 0.6) is 0 Å². The first-order valence-corrected chi connectivity index (χ1v) is 29.5. The summed E-state index contributed by atoms with van der Waals surface area (Å²) in [7, 11) is 0. The Balaban J connectivity index is 0.903. The van der Waals surface area contributed by atoms with Gasteiger partial charge in [-0.15, -0.1) is 0 Å². The molecule has 0 aromatic carbocycles. The lowest BCUT2D eigenvalue weighted by Crippen LogP contribution is -2.69. The number of carbonyl (C=O) groups excluding carboxylic acids is 1. The predicted octanol–water partition coefficient (Wildman–Crippen LogP) is -2.30. The summed E-state index contributed by atoms with van der Waals surface area (Å²) in [5.41, 5.74) is -1.89. The Morgan fingerprint density at radius 2 is 1.13 bits per heavy atom. The molecule has 5 saturated heterocycles. The maximum absolute atomic E-state index is 14.8. The summed E-state index contributed by atoms with van der Waals surface area (Å²) in [4.78, 5) is 14.8. The van der Waals surface area contributed by atoms with E-state index in [1.165, 1.54) is 5.57 Å². The molecule has 0 amide bonds. The number of hydrogen-bond acceptors (Lipinski definition) is 25. The molecule has 9 fully saturated rings. The molecule has 25 nitrogen and oxygen atoms in total. The van der Waals surface area contributed by atoms with Crippen molar-refractivity contribution in [1.82, 2.24) is 0 Å². The second kappa shape index (κ2) is 23.0. The number of ether oxygens (including phenoxy) is 10. The summed E-state index contributed by atoms with van der Waals surface area (Å²) in [6.45, 7) is 14.8. The minimum atomic E-state index is -1.93. The molecule has 5 heterocycles. The highest BCUT2D eigenvalue weighted by atomic mass is 16.8. The molecule has 0 spiro atoms. The normalized spacial score (nSPS) is 54.8. The fourth-order valence-electron chi connectivity index (χ4n) is 17.2. The number of aliphatic hydroxyl groups is 14. The highest BCUT2D eigenvalue weighted by Gasteiger charge is 2.71. The van der Waals surface area contributed by atoms with Crippen molar-refractivity contribution in [3.63, 3.8) is 0 Å². The Bertz CT molecular complexity index is 2290. The predicted molar refractivity (Wildman–Crippen MR) is 277 cm³/mol. The maximum Gasteiger partial charge on any atom is 0.315 e. The zero-order valence-corrected chi connectivity index (χ0v) is 48.1. The lowest BCUT2D eigenvalue weighted by Gasteiger charge is -2.71. The fraction of sp³-hybridized carbons (Fsp3) is 0.947. The lowest BCUT2D eigenvalue weighted by molar-refractivity contribution is -0.394. The van der Waals surface area contributed by atoms with Crippen molar-refractivity contribution in [1.29, 1.82) is 0 Å². The Morgan fingerprint density at radius 3 is 1.77 bits per heavy atom. The number of rotatable bonds is 11. The van der Waals surface area contributed by atoms with Crippen molar-refractivity contribution in [2.75, 3.05) is 26.4 Å². The van der Waals surface area contributed by atoms with E-state index in [4.69, 9.17) is 47.4 Å². The Hall–Kier alpha value is -1.71. The third-order valence-electron chi connectivity index (χ3n) is 22.3. The number of aliphatic hydroxyl groups excluding tert-OH is 14. The van der Waals surface area contributed by atoms with Crippen molar-refractivity contribution >= 4 is 5.97 Å². The third-order valence-corrected chi connectivity index (χ3v) is 22.3. The molecule has 5 aliphatic heterocycles.